The van der Waals surface area contributed by atoms with E-state index in [1.54, 1.807) is 17.8 Å². The van der Waals surface area contributed by atoms with E-state index in [1.165, 1.54) is 13.2 Å². The molecule has 0 amide bonds. The van der Waals surface area contributed by atoms with Gasteiger partial charge in [-0.2, -0.15) is 11.8 Å². The number of carbonyl (C=O) groups excluding carboxylic acids is 1. The van der Waals surface area contributed by atoms with E-state index >= 15 is 0 Å². The van der Waals surface area contributed by atoms with Gasteiger partial charge in [0.05, 0.1) is 17.5 Å². The quantitative estimate of drug-likeness (QED) is 0.775. The van der Waals surface area contributed by atoms with Crippen LogP contribution >= 0.6 is 27.7 Å². The zero-order valence-corrected chi connectivity index (χ0v) is 12.1. The van der Waals surface area contributed by atoms with Crippen molar-refractivity contribution in [1.29, 1.82) is 0 Å². The van der Waals surface area contributed by atoms with E-state index in [2.05, 4.69) is 20.7 Å². The first-order valence-electron chi connectivity index (χ1n) is 5.14. The first-order valence-corrected chi connectivity index (χ1v) is 7.09. The van der Waals surface area contributed by atoms with E-state index in [0.717, 1.165) is 5.56 Å². The maximum absolute atomic E-state index is 13.2. The van der Waals surface area contributed by atoms with Crippen LogP contribution in [0.25, 0.3) is 0 Å². The van der Waals surface area contributed by atoms with Gasteiger partial charge in [-0.3, -0.25) is 4.79 Å². The Morgan fingerprint density at radius 1 is 1.59 bits per heavy atom. The molecule has 0 spiro atoms. The van der Waals surface area contributed by atoms with Crippen molar-refractivity contribution in [3.63, 3.8) is 0 Å². The van der Waals surface area contributed by atoms with Crippen LogP contribution in [0, 0.1) is 11.7 Å². The summed E-state index contributed by atoms with van der Waals surface area (Å²) in [6, 6.07) is 4.96. The number of benzene rings is 1. The molecule has 0 heterocycles. The molecule has 0 fully saturated rings. The predicted molar refractivity (Wildman–Crippen MR) is 71.4 cm³/mol. The van der Waals surface area contributed by atoms with E-state index in [9.17, 15) is 9.18 Å². The second kappa shape index (κ2) is 7.01. The van der Waals surface area contributed by atoms with Crippen LogP contribution in [0.4, 0.5) is 4.39 Å². The smallest absolute Gasteiger partial charge is 0.309 e. The lowest BCUT2D eigenvalue weighted by molar-refractivity contribution is -0.143. The highest BCUT2D eigenvalue weighted by Crippen LogP contribution is 2.25. The summed E-state index contributed by atoms with van der Waals surface area (Å²) < 4.78 is 18.4. The Labute approximate surface area is 113 Å². The minimum absolute atomic E-state index is 0.141. The maximum Gasteiger partial charge on any atom is 0.309 e. The second-order valence-corrected chi connectivity index (χ2v) is 5.48. The third-order valence-electron chi connectivity index (χ3n) is 2.26. The number of methoxy groups -OCH3 is 1. The summed E-state index contributed by atoms with van der Waals surface area (Å²) in [6.45, 7) is 1.82. The molecule has 0 aliphatic heterocycles. The molecule has 1 aromatic rings. The highest BCUT2D eigenvalue weighted by molar-refractivity contribution is 9.10. The van der Waals surface area contributed by atoms with Gasteiger partial charge in [-0.25, -0.2) is 4.39 Å². The van der Waals surface area contributed by atoms with Gasteiger partial charge >= 0.3 is 5.97 Å². The molecule has 0 saturated heterocycles. The molecule has 17 heavy (non-hydrogen) atoms. The molecule has 0 aliphatic carbocycles. The van der Waals surface area contributed by atoms with Crippen LogP contribution in [-0.4, -0.2) is 18.8 Å². The molecule has 0 radical (unpaired) electrons. The number of ether oxygens (including phenoxy) is 1. The van der Waals surface area contributed by atoms with Gasteiger partial charge in [-0.15, -0.1) is 0 Å². The van der Waals surface area contributed by atoms with Crippen LogP contribution in [0.2, 0.25) is 0 Å². The predicted octanol–water partition coefficient (Wildman–Crippen LogP) is 3.63. The number of hydrogen-bond acceptors (Lipinski definition) is 3. The lowest BCUT2D eigenvalue weighted by atomic mass is 10.2. The fraction of sp³-hybridized carbons (Fsp3) is 0.417. The lowest BCUT2D eigenvalue weighted by Gasteiger charge is -2.09. The van der Waals surface area contributed by atoms with Gasteiger partial charge in [0.15, 0.2) is 0 Å². The highest BCUT2D eigenvalue weighted by atomic mass is 79.9. The van der Waals surface area contributed by atoms with Crippen LogP contribution in [-0.2, 0) is 15.3 Å². The van der Waals surface area contributed by atoms with Crippen LogP contribution in [0.3, 0.4) is 0 Å². The van der Waals surface area contributed by atoms with Crippen molar-refractivity contribution < 1.29 is 13.9 Å². The fourth-order valence-corrected chi connectivity index (χ4v) is 2.93. The number of rotatable bonds is 5. The topological polar surface area (TPSA) is 26.3 Å². The number of thioether (sulfide) groups is 1. The molecule has 1 rings (SSSR count). The summed E-state index contributed by atoms with van der Waals surface area (Å²) in [6.07, 6.45) is 0. The zero-order chi connectivity index (χ0) is 12.8. The minimum Gasteiger partial charge on any atom is -0.469 e. The van der Waals surface area contributed by atoms with Gasteiger partial charge < -0.3 is 4.74 Å². The van der Waals surface area contributed by atoms with Gasteiger partial charge in [0.2, 0.25) is 0 Å². The molecule has 0 aromatic heterocycles. The maximum atomic E-state index is 13.2. The van der Waals surface area contributed by atoms with Gasteiger partial charge in [0.1, 0.15) is 5.82 Å². The Hall–Kier alpha value is -0.550. The molecule has 1 aromatic carbocycles. The lowest BCUT2D eigenvalue weighted by Crippen LogP contribution is -2.14. The summed E-state index contributed by atoms with van der Waals surface area (Å²) in [5, 5.41) is 0. The van der Waals surface area contributed by atoms with E-state index in [1.807, 2.05) is 13.0 Å². The van der Waals surface area contributed by atoms with E-state index in [0.29, 0.717) is 16.0 Å². The monoisotopic (exact) mass is 320 g/mol. The van der Waals surface area contributed by atoms with Crippen molar-refractivity contribution >= 4 is 33.7 Å². The average molecular weight is 321 g/mol. The van der Waals surface area contributed by atoms with E-state index in [4.69, 9.17) is 0 Å². The summed E-state index contributed by atoms with van der Waals surface area (Å²) in [5.74, 6) is 0.715. The highest BCUT2D eigenvalue weighted by Gasteiger charge is 2.13. The van der Waals surface area contributed by atoms with Crippen LogP contribution in [0.1, 0.15) is 12.5 Å². The molecule has 2 nitrogen and oxygen atoms in total. The first kappa shape index (κ1) is 14.5. The molecule has 0 N–H and O–H groups in total. The molecule has 0 saturated carbocycles. The standard InChI is InChI=1S/C12H14BrFO2S/c1-8(12(15)16-2)6-17-7-9-4-3-5-10(14)11(9)13/h3-5,8H,6-7H2,1-2H3. The number of carbonyl (C=O) groups is 1. The Morgan fingerprint density at radius 2 is 2.29 bits per heavy atom. The first-order chi connectivity index (χ1) is 8.06. The molecule has 0 aliphatic rings. The van der Waals surface area contributed by atoms with Crippen molar-refractivity contribution in [2.24, 2.45) is 5.92 Å². The Kier molecular flexibility index (Phi) is 5.98. The van der Waals surface area contributed by atoms with E-state index in [-0.39, 0.29) is 17.7 Å². The van der Waals surface area contributed by atoms with Crippen molar-refractivity contribution in [3.8, 4) is 0 Å². The van der Waals surface area contributed by atoms with Gasteiger partial charge in [-0.05, 0) is 27.6 Å². The van der Waals surface area contributed by atoms with Crippen LogP contribution < -0.4 is 0 Å². The Balaban J connectivity index is 2.46. The summed E-state index contributed by atoms with van der Waals surface area (Å²) in [5.41, 5.74) is 0.895. The van der Waals surface area contributed by atoms with Crippen LogP contribution in [0.5, 0.6) is 0 Å². The van der Waals surface area contributed by atoms with Gasteiger partial charge in [0.25, 0.3) is 0 Å². The second-order valence-electron chi connectivity index (χ2n) is 3.65. The SMILES string of the molecule is COC(=O)C(C)CSCc1cccc(F)c1Br. The van der Waals surface area contributed by atoms with Gasteiger partial charge in [-0.1, -0.05) is 19.1 Å². The molecule has 94 valence electrons. The molecule has 0 bridgehead atoms. The molecular formula is C12H14BrFO2S. The molecule has 1 atom stereocenters. The fourth-order valence-electron chi connectivity index (χ4n) is 1.27. The molecule has 1 unspecified atom stereocenters. The number of hydrogen-bond donors (Lipinski definition) is 0. The third-order valence-corrected chi connectivity index (χ3v) is 4.40. The number of halogens is 2. The summed E-state index contributed by atoms with van der Waals surface area (Å²) >= 11 is 4.79. The Bertz CT molecular complexity index is 398. The molecule has 5 heteroatoms. The van der Waals surface area contributed by atoms with Crippen molar-refractivity contribution in [2.75, 3.05) is 12.9 Å². The molecular weight excluding hydrogens is 307 g/mol. The zero-order valence-electron chi connectivity index (χ0n) is 9.70. The van der Waals surface area contributed by atoms with E-state index < -0.39 is 0 Å². The minimum atomic E-state index is -0.260. The number of esters is 1. The third kappa shape index (κ3) is 4.32. The summed E-state index contributed by atoms with van der Waals surface area (Å²) in [7, 11) is 1.38. The van der Waals surface area contributed by atoms with Crippen LogP contribution in [0.15, 0.2) is 22.7 Å². The Morgan fingerprint density at radius 3 is 2.94 bits per heavy atom. The largest absolute Gasteiger partial charge is 0.469 e. The van der Waals surface area contributed by atoms with Crippen molar-refractivity contribution in [1.82, 2.24) is 0 Å². The summed E-state index contributed by atoms with van der Waals surface area (Å²) in [4.78, 5) is 11.2. The average Bonchev–Trinajstić information content (AvgIpc) is 2.33. The van der Waals surface area contributed by atoms with Crippen molar-refractivity contribution in [2.45, 2.75) is 12.7 Å². The van der Waals surface area contributed by atoms with Crippen molar-refractivity contribution in [3.05, 3.63) is 34.1 Å². The van der Waals surface area contributed by atoms with Gasteiger partial charge in [0, 0.05) is 11.5 Å². The normalized spacial score (nSPS) is 12.2.